The number of halogens is 1. The molecule has 33 heavy (non-hydrogen) atoms. The fourth-order valence-corrected chi connectivity index (χ4v) is 4.00. The lowest BCUT2D eigenvalue weighted by Crippen LogP contribution is -2.46. The van der Waals surface area contributed by atoms with Crippen LogP contribution in [0.25, 0.3) is 0 Å². The molecule has 3 rings (SSSR count). The molecule has 2 aromatic carbocycles. The zero-order chi connectivity index (χ0) is 22.9. The van der Waals surface area contributed by atoms with Gasteiger partial charge in [0.05, 0.1) is 27.4 Å². The Bertz CT molecular complexity index is 891. The maximum absolute atomic E-state index is 13.2. The van der Waals surface area contributed by atoms with E-state index in [0.29, 0.717) is 29.2 Å². The van der Waals surface area contributed by atoms with Crippen molar-refractivity contribution in [2.75, 3.05) is 27.9 Å². The molecule has 1 saturated heterocycles. The van der Waals surface area contributed by atoms with Crippen LogP contribution in [-0.4, -0.2) is 51.6 Å². The summed E-state index contributed by atoms with van der Waals surface area (Å²) in [5, 5.41) is 6.32. The molecule has 0 aliphatic carbocycles. The lowest BCUT2D eigenvalue weighted by Gasteiger charge is -2.21. The molecule has 0 radical (unpaired) electrons. The van der Waals surface area contributed by atoms with Crippen molar-refractivity contribution in [3.8, 4) is 17.2 Å². The highest BCUT2D eigenvalue weighted by Gasteiger charge is 2.26. The van der Waals surface area contributed by atoms with E-state index in [1.165, 1.54) is 26.9 Å². The van der Waals surface area contributed by atoms with Gasteiger partial charge in [-0.25, -0.2) is 0 Å². The molecule has 180 valence electrons. The zero-order valence-electron chi connectivity index (χ0n) is 19.4. The molecule has 0 aromatic heterocycles. The average Bonchev–Trinajstić information content (AvgIpc) is 3.37. The molecule has 8 heteroatoms. The minimum absolute atomic E-state index is 0. The molecule has 2 aromatic rings. The maximum Gasteiger partial charge on any atom is 0.237 e. The van der Waals surface area contributed by atoms with Crippen LogP contribution in [0.1, 0.15) is 41.6 Å². The molecular weight excluding hydrogens is 444 g/mol. The van der Waals surface area contributed by atoms with Crippen LogP contribution in [0.4, 0.5) is 0 Å². The summed E-state index contributed by atoms with van der Waals surface area (Å²) in [5.41, 5.74) is 1.63. The summed E-state index contributed by atoms with van der Waals surface area (Å²) in [6, 6.07) is 12.9. The number of hydrogen-bond donors (Lipinski definition) is 2. The van der Waals surface area contributed by atoms with Crippen LogP contribution in [0.2, 0.25) is 0 Å². The van der Waals surface area contributed by atoms with Gasteiger partial charge in [-0.1, -0.05) is 30.3 Å². The summed E-state index contributed by atoms with van der Waals surface area (Å²) >= 11 is 0. The van der Waals surface area contributed by atoms with Crippen LogP contribution in [-0.2, 0) is 11.2 Å². The van der Waals surface area contributed by atoms with Crippen molar-refractivity contribution in [3.05, 3.63) is 53.6 Å². The van der Waals surface area contributed by atoms with Crippen molar-refractivity contribution < 1.29 is 23.8 Å². The highest BCUT2D eigenvalue weighted by Crippen LogP contribution is 2.38. The molecule has 2 N–H and O–H groups in total. The van der Waals surface area contributed by atoms with Crippen LogP contribution in [0.15, 0.2) is 42.5 Å². The Morgan fingerprint density at radius 3 is 2.27 bits per heavy atom. The first-order chi connectivity index (χ1) is 15.5. The smallest absolute Gasteiger partial charge is 0.237 e. The van der Waals surface area contributed by atoms with Gasteiger partial charge < -0.3 is 24.8 Å². The number of Topliss-reactive ketones (excluding diaryl/α,β-unsaturated/α-hetero) is 1. The summed E-state index contributed by atoms with van der Waals surface area (Å²) in [7, 11) is 4.56. The van der Waals surface area contributed by atoms with Crippen LogP contribution >= 0.6 is 12.4 Å². The number of ketones is 1. The Labute approximate surface area is 201 Å². The minimum atomic E-state index is -0.281. The van der Waals surface area contributed by atoms with E-state index in [9.17, 15) is 9.59 Å². The summed E-state index contributed by atoms with van der Waals surface area (Å²) in [5.74, 6) is 1.15. The molecule has 1 aliphatic heterocycles. The normalized spacial score (nSPS) is 15.8. The molecule has 0 spiro atoms. The molecule has 0 bridgehead atoms. The zero-order valence-corrected chi connectivity index (χ0v) is 20.2. The lowest BCUT2D eigenvalue weighted by atomic mass is 9.97. The number of carbonyl (C=O) groups excluding carboxylic acids is 2. The number of carbonyl (C=O) groups is 2. The van der Waals surface area contributed by atoms with E-state index < -0.39 is 0 Å². The molecule has 7 nitrogen and oxygen atoms in total. The van der Waals surface area contributed by atoms with E-state index in [1.807, 2.05) is 18.2 Å². The second kappa shape index (κ2) is 13.1. The van der Waals surface area contributed by atoms with Crippen molar-refractivity contribution in [1.29, 1.82) is 0 Å². The van der Waals surface area contributed by atoms with Crippen LogP contribution in [0.3, 0.4) is 0 Å². The highest BCUT2D eigenvalue weighted by atomic mass is 35.5. The van der Waals surface area contributed by atoms with Gasteiger partial charge in [-0.3, -0.25) is 9.59 Å². The van der Waals surface area contributed by atoms with E-state index in [-0.39, 0.29) is 42.6 Å². The van der Waals surface area contributed by atoms with Gasteiger partial charge in [0.2, 0.25) is 11.7 Å². The fourth-order valence-electron chi connectivity index (χ4n) is 4.00. The number of benzene rings is 2. The standard InChI is InChI=1S/C25H32N2O5.ClH/c1-30-22-14-18(15-23(31-2)24(22)32-3)21(28)16-19(12-11-17-8-5-4-6-9-17)27-25(29)20-10-7-13-26-20;/h4-6,8-9,14-15,19-20,26H,7,10-13,16H2,1-3H3,(H,27,29);1H/t19?,20-;/m0./s1. The van der Waals surface area contributed by atoms with Gasteiger partial charge in [-0.2, -0.15) is 0 Å². The Hall–Kier alpha value is -2.77. The number of aryl methyl sites for hydroxylation is 1. The van der Waals surface area contributed by atoms with Gasteiger partial charge in [-0.05, 0) is 49.9 Å². The average molecular weight is 477 g/mol. The van der Waals surface area contributed by atoms with E-state index in [0.717, 1.165) is 25.8 Å². The third kappa shape index (κ3) is 7.11. The third-order valence-electron chi connectivity index (χ3n) is 5.77. The molecule has 1 aliphatic rings. The fraction of sp³-hybridized carbons (Fsp3) is 0.440. The van der Waals surface area contributed by atoms with Gasteiger partial charge in [0, 0.05) is 18.0 Å². The van der Waals surface area contributed by atoms with E-state index in [2.05, 4.69) is 22.8 Å². The Morgan fingerprint density at radius 2 is 1.73 bits per heavy atom. The van der Waals surface area contributed by atoms with Crippen molar-refractivity contribution >= 4 is 24.1 Å². The second-order valence-corrected chi connectivity index (χ2v) is 7.92. The summed E-state index contributed by atoms with van der Waals surface area (Å²) in [4.78, 5) is 25.9. The molecule has 1 amide bonds. The maximum atomic E-state index is 13.2. The molecule has 1 heterocycles. The lowest BCUT2D eigenvalue weighted by molar-refractivity contribution is -0.123. The molecule has 0 saturated carbocycles. The van der Waals surface area contributed by atoms with Crippen molar-refractivity contribution in [2.24, 2.45) is 0 Å². The molecule has 2 atom stereocenters. The number of methoxy groups -OCH3 is 3. The van der Waals surface area contributed by atoms with Crippen molar-refractivity contribution in [1.82, 2.24) is 10.6 Å². The van der Waals surface area contributed by atoms with Crippen LogP contribution in [0.5, 0.6) is 17.2 Å². The number of amides is 1. The summed E-state index contributed by atoms with van der Waals surface area (Å²) < 4.78 is 16.1. The van der Waals surface area contributed by atoms with Gasteiger partial charge in [0.15, 0.2) is 17.3 Å². The first kappa shape index (κ1) is 26.5. The first-order valence-electron chi connectivity index (χ1n) is 11.0. The van der Waals surface area contributed by atoms with E-state index in [1.54, 1.807) is 12.1 Å². The monoisotopic (exact) mass is 476 g/mol. The van der Waals surface area contributed by atoms with Crippen molar-refractivity contribution in [2.45, 2.75) is 44.2 Å². The molecule has 1 fully saturated rings. The third-order valence-corrected chi connectivity index (χ3v) is 5.77. The highest BCUT2D eigenvalue weighted by molar-refractivity contribution is 5.98. The summed E-state index contributed by atoms with van der Waals surface area (Å²) in [6.45, 7) is 0.844. The Balaban J connectivity index is 0.00000385. The van der Waals surface area contributed by atoms with Gasteiger partial charge in [0.1, 0.15) is 0 Å². The second-order valence-electron chi connectivity index (χ2n) is 7.92. The molecule has 1 unspecified atom stereocenters. The van der Waals surface area contributed by atoms with Gasteiger partial charge in [-0.15, -0.1) is 12.4 Å². The number of ether oxygens (including phenoxy) is 3. The largest absolute Gasteiger partial charge is 0.493 e. The predicted octanol–water partition coefficient (Wildman–Crippen LogP) is 3.58. The predicted molar refractivity (Wildman–Crippen MR) is 130 cm³/mol. The quantitative estimate of drug-likeness (QED) is 0.482. The van der Waals surface area contributed by atoms with E-state index in [4.69, 9.17) is 14.2 Å². The first-order valence-corrected chi connectivity index (χ1v) is 11.0. The number of nitrogens with one attached hydrogen (secondary N) is 2. The van der Waals surface area contributed by atoms with Crippen LogP contribution in [0, 0.1) is 0 Å². The Morgan fingerprint density at radius 1 is 1.06 bits per heavy atom. The number of rotatable bonds is 11. The topological polar surface area (TPSA) is 85.9 Å². The minimum Gasteiger partial charge on any atom is -0.493 e. The number of hydrogen-bond acceptors (Lipinski definition) is 6. The Kier molecular flexibility index (Phi) is 10.5. The van der Waals surface area contributed by atoms with Gasteiger partial charge >= 0.3 is 0 Å². The van der Waals surface area contributed by atoms with E-state index >= 15 is 0 Å². The summed E-state index contributed by atoms with van der Waals surface area (Å²) in [6.07, 6.45) is 3.42. The van der Waals surface area contributed by atoms with Crippen molar-refractivity contribution in [3.63, 3.8) is 0 Å². The van der Waals surface area contributed by atoms with Crippen LogP contribution < -0.4 is 24.8 Å². The SMILES string of the molecule is COc1cc(C(=O)CC(CCc2ccccc2)NC(=O)[C@@H]2CCCN2)cc(OC)c1OC.Cl. The molecular formula is C25H33ClN2O5. The van der Waals surface area contributed by atoms with Gasteiger partial charge in [0.25, 0.3) is 0 Å².